The Balaban J connectivity index is 1.80. The molecule has 0 saturated heterocycles. The molecule has 3 heteroatoms. The first-order valence-electron chi connectivity index (χ1n) is 7.80. The lowest BCUT2D eigenvalue weighted by Crippen LogP contribution is -2.01. The zero-order chi connectivity index (χ0) is 15.2. The summed E-state index contributed by atoms with van der Waals surface area (Å²) in [6.07, 6.45) is 9.25. The predicted octanol–water partition coefficient (Wildman–Crippen LogP) is 4.53. The molecule has 0 unspecified atom stereocenters. The van der Waals surface area contributed by atoms with E-state index in [1.165, 1.54) is 31.8 Å². The minimum absolute atomic E-state index is 0.326. The summed E-state index contributed by atoms with van der Waals surface area (Å²) in [5, 5.41) is 0. The van der Waals surface area contributed by atoms with Crippen LogP contribution >= 0.6 is 0 Å². The summed E-state index contributed by atoms with van der Waals surface area (Å²) in [7, 11) is 0. The van der Waals surface area contributed by atoms with Crippen molar-refractivity contribution in [2.24, 2.45) is 0 Å². The first-order chi connectivity index (χ1) is 10.3. The fourth-order valence-corrected chi connectivity index (χ4v) is 2.03. The second-order valence-corrected chi connectivity index (χ2v) is 5.01. The first kappa shape index (κ1) is 17.3. The average Bonchev–Trinajstić information content (AvgIpc) is 2.53. The molecule has 0 aliphatic heterocycles. The van der Waals surface area contributed by atoms with Gasteiger partial charge in [0.25, 0.3) is 0 Å². The predicted molar refractivity (Wildman–Crippen MR) is 85.4 cm³/mol. The van der Waals surface area contributed by atoms with E-state index in [1.807, 2.05) is 30.3 Å². The number of rotatable bonds is 12. The van der Waals surface area contributed by atoms with Crippen molar-refractivity contribution in [3.63, 3.8) is 0 Å². The molecule has 0 aliphatic carbocycles. The number of benzene rings is 1. The Bertz CT molecular complexity index is 387. The van der Waals surface area contributed by atoms with E-state index in [4.69, 9.17) is 9.47 Å². The molecule has 0 atom stereocenters. The van der Waals surface area contributed by atoms with E-state index in [1.54, 1.807) is 0 Å². The van der Waals surface area contributed by atoms with Crippen molar-refractivity contribution in [2.45, 2.75) is 44.9 Å². The van der Waals surface area contributed by atoms with E-state index in [0.29, 0.717) is 6.61 Å². The topological polar surface area (TPSA) is 35.5 Å². The largest absolute Gasteiger partial charge is 0.494 e. The Kier molecular flexibility index (Phi) is 9.88. The van der Waals surface area contributed by atoms with Gasteiger partial charge in [0.2, 0.25) is 0 Å². The van der Waals surface area contributed by atoms with E-state index in [-0.39, 0.29) is 5.97 Å². The van der Waals surface area contributed by atoms with Crippen LogP contribution in [0.5, 0.6) is 5.75 Å². The van der Waals surface area contributed by atoms with Gasteiger partial charge in [-0.15, -0.1) is 0 Å². The Morgan fingerprint density at radius 1 is 0.905 bits per heavy atom. The van der Waals surface area contributed by atoms with Gasteiger partial charge >= 0.3 is 5.97 Å². The van der Waals surface area contributed by atoms with Crippen molar-refractivity contribution >= 4 is 5.97 Å². The summed E-state index contributed by atoms with van der Waals surface area (Å²) >= 11 is 0. The smallest absolute Gasteiger partial charge is 0.330 e. The SMILES string of the molecule is C=CC(=O)OCCCCCCCCCOc1ccccc1. The van der Waals surface area contributed by atoms with E-state index < -0.39 is 0 Å². The molecule has 21 heavy (non-hydrogen) atoms. The van der Waals surface area contributed by atoms with E-state index in [9.17, 15) is 4.79 Å². The van der Waals surface area contributed by atoms with Gasteiger partial charge in [-0.2, -0.15) is 0 Å². The molecule has 0 aliphatic rings. The van der Waals surface area contributed by atoms with Gasteiger partial charge in [-0.3, -0.25) is 0 Å². The zero-order valence-electron chi connectivity index (χ0n) is 12.8. The maximum Gasteiger partial charge on any atom is 0.330 e. The highest BCUT2D eigenvalue weighted by molar-refractivity contribution is 5.81. The molecule has 1 rings (SSSR count). The van der Waals surface area contributed by atoms with Crippen LogP contribution in [-0.4, -0.2) is 19.2 Å². The molecule has 0 aromatic heterocycles. The lowest BCUT2D eigenvalue weighted by molar-refractivity contribution is -0.137. The Morgan fingerprint density at radius 2 is 1.48 bits per heavy atom. The van der Waals surface area contributed by atoms with Crippen LogP contribution in [-0.2, 0) is 9.53 Å². The maximum absolute atomic E-state index is 10.8. The van der Waals surface area contributed by atoms with E-state index >= 15 is 0 Å². The van der Waals surface area contributed by atoms with Crippen LogP contribution in [0.1, 0.15) is 44.9 Å². The minimum atomic E-state index is -0.326. The van der Waals surface area contributed by atoms with E-state index in [2.05, 4.69) is 6.58 Å². The molecule has 1 aromatic carbocycles. The van der Waals surface area contributed by atoms with Crippen LogP contribution in [0.4, 0.5) is 0 Å². The third-order valence-electron chi connectivity index (χ3n) is 3.21. The highest BCUT2D eigenvalue weighted by atomic mass is 16.5. The fraction of sp³-hybridized carbons (Fsp3) is 0.500. The molecular formula is C18H26O3. The number of esters is 1. The maximum atomic E-state index is 10.8. The number of carbonyl (C=O) groups excluding carboxylic acids is 1. The van der Waals surface area contributed by atoms with Gasteiger partial charge in [-0.1, -0.05) is 56.9 Å². The molecule has 0 radical (unpaired) electrons. The fourth-order valence-electron chi connectivity index (χ4n) is 2.03. The van der Waals surface area contributed by atoms with Crippen LogP contribution in [0.2, 0.25) is 0 Å². The second-order valence-electron chi connectivity index (χ2n) is 5.01. The molecule has 0 amide bonds. The summed E-state index contributed by atoms with van der Waals surface area (Å²) in [5.41, 5.74) is 0. The molecule has 116 valence electrons. The van der Waals surface area contributed by atoms with Gasteiger partial charge in [-0.25, -0.2) is 4.79 Å². The highest BCUT2D eigenvalue weighted by Crippen LogP contribution is 2.11. The summed E-state index contributed by atoms with van der Waals surface area (Å²) in [4.78, 5) is 10.8. The molecule has 0 spiro atoms. The summed E-state index contributed by atoms with van der Waals surface area (Å²) in [5.74, 6) is 0.625. The van der Waals surface area contributed by atoms with E-state index in [0.717, 1.165) is 31.6 Å². The Labute approximate surface area is 128 Å². The van der Waals surface area contributed by atoms with Crippen LogP contribution in [0, 0.1) is 0 Å². The minimum Gasteiger partial charge on any atom is -0.494 e. The van der Waals surface area contributed by atoms with Gasteiger partial charge in [0, 0.05) is 6.08 Å². The van der Waals surface area contributed by atoms with Crippen LogP contribution in [0.15, 0.2) is 43.0 Å². The van der Waals surface area contributed by atoms with Crippen LogP contribution in [0.25, 0.3) is 0 Å². The molecule has 0 heterocycles. The second kappa shape index (κ2) is 12.0. The summed E-state index contributed by atoms with van der Waals surface area (Å²) < 4.78 is 10.6. The zero-order valence-corrected chi connectivity index (χ0v) is 12.8. The van der Waals surface area contributed by atoms with Gasteiger partial charge in [-0.05, 0) is 25.0 Å². The lowest BCUT2D eigenvalue weighted by Gasteiger charge is -2.06. The molecule has 0 fully saturated rings. The standard InChI is InChI=1S/C18H26O3/c1-2-18(19)21-16-12-7-5-3-4-6-11-15-20-17-13-9-8-10-14-17/h2,8-10,13-14H,1,3-7,11-12,15-16H2. The number of ether oxygens (including phenoxy) is 2. The van der Waals surface area contributed by atoms with Crippen LogP contribution < -0.4 is 4.74 Å². The van der Waals surface area contributed by atoms with Crippen molar-refractivity contribution in [2.75, 3.05) is 13.2 Å². The van der Waals surface area contributed by atoms with Crippen LogP contribution in [0.3, 0.4) is 0 Å². The molecule has 1 aromatic rings. The van der Waals surface area contributed by atoms with Crippen molar-refractivity contribution in [1.29, 1.82) is 0 Å². The molecular weight excluding hydrogens is 264 g/mol. The van der Waals surface area contributed by atoms with Gasteiger partial charge < -0.3 is 9.47 Å². The van der Waals surface area contributed by atoms with Gasteiger partial charge in [0.1, 0.15) is 5.75 Å². The molecule has 0 bridgehead atoms. The Morgan fingerprint density at radius 3 is 2.10 bits per heavy atom. The highest BCUT2D eigenvalue weighted by Gasteiger charge is 1.96. The number of hydrogen-bond donors (Lipinski definition) is 0. The number of para-hydroxylation sites is 1. The van der Waals surface area contributed by atoms with Crippen molar-refractivity contribution in [1.82, 2.24) is 0 Å². The third kappa shape index (κ3) is 9.72. The number of unbranched alkanes of at least 4 members (excludes halogenated alkanes) is 6. The monoisotopic (exact) mass is 290 g/mol. The average molecular weight is 290 g/mol. The number of hydrogen-bond acceptors (Lipinski definition) is 3. The quantitative estimate of drug-likeness (QED) is 0.322. The van der Waals surface area contributed by atoms with Crippen molar-refractivity contribution < 1.29 is 14.3 Å². The van der Waals surface area contributed by atoms with Gasteiger partial charge in [0.15, 0.2) is 0 Å². The first-order valence-corrected chi connectivity index (χ1v) is 7.80. The normalized spacial score (nSPS) is 10.1. The lowest BCUT2D eigenvalue weighted by atomic mass is 10.1. The number of carbonyl (C=O) groups is 1. The Hall–Kier alpha value is -1.77. The summed E-state index contributed by atoms with van der Waals surface area (Å²) in [6, 6.07) is 9.94. The van der Waals surface area contributed by atoms with Gasteiger partial charge in [0.05, 0.1) is 13.2 Å². The summed E-state index contributed by atoms with van der Waals surface area (Å²) in [6.45, 7) is 4.66. The van der Waals surface area contributed by atoms with Crippen molar-refractivity contribution in [3.8, 4) is 5.75 Å². The molecule has 0 saturated carbocycles. The molecule has 3 nitrogen and oxygen atoms in total. The molecule has 0 N–H and O–H groups in total. The third-order valence-corrected chi connectivity index (χ3v) is 3.21. The van der Waals surface area contributed by atoms with Crippen molar-refractivity contribution in [3.05, 3.63) is 43.0 Å².